The predicted molar refractivity (Wildman–Crippen MR) is 107 cm³/mol. The van der Waals surface area contributed by atoms with Gasteiger partial charge in [0.1, 0.15) is 5.82 Å². The summed E-state index contributed by atoms with van der Waals surface area (Å²) in [7, 11) is 0. The van der Waals surface area contributed by atoms with E-state index in [2.05, 4.69) is 65.3 Å². The number of hydrogen-bond acceptors (Lipinski definition) is 5. The third-order valence-electron chi connectivity index (χ3n) is 4.65. The maximum atomic E-state index is 12.5. The van der Waals surface area contributed by atoms with Crippen LogP contribution in [0.1, 0.15) is 49.4 Å². The number of amides is 2. The number of carbonyl (C=O) groups excluding carboxylic acids is 1. The molecule has 0 aliphatic carbocycles. The fraction of sp³-hybridized carbons (Fsp3) is 0.500. The van der Waals surface area contributed by atoms with E-state index in [1.54, 1.807) is 4.90 Å². The van der Waals surface area contributed by atoms with Crippen molar-refractivity contribution >= 4 is 17.1 Å². The number of aromatic amines is 1. The van der Waals surface area contributed by atoms with Crippen LogP contribution < -0.4 is 5.32 Å². The van der Waals surface area contributed by atoms with Crippen LogP contribution in [0.25, 0.3) is 11.0 Å². The number of urea groups is 1. The molecule has 8 nitrogen and oxygen atoms in total. The van der Waals surface area contributed by atoms with E-state index in [0.717, 1.165) is 23.3 Å². The number of benzene rings is 1. The summed E-state index contributed by atoms with van der Waals surface area (Å²) < 4.78 is 5.25. The van der Waals surface area contributed by atoms with E-state index in [-0.39, 0.29) is 6.03 Å². The standard InChI is InChI=1S/C20H28N6O2/c1-6-26(11-18-24-19(28-25-18)7-12(2)3)20(27)21-10-17-22-15-8-13(4)14(5)9-16(15)23-17/h8-9,12H,6-7,10-11H2,1-5H3,(H,21,27)(H,22,23). The summed E-state index contributed by atoms with van der Waals surface area (Å²) >= 11 is 0. The quantitative estimate of drug-likeness (QED) is 0.649. The molecule has 3 aromatic rings. The van der Waals surface area contributed by atoms with E-state index < -0.39 is 0 Å². The molecule has 1 aromatic carbocycles. The molecule has 0 bridgehead atoms. The summed E-state index contributed by atoms with van der Waals surface area (Å²) in [6.07, 6.45) is 0.732. The largest absolute Gasteiger partial charge is 0.340 e. The number of carbonyl (C=O) groups is 1. The Kier molecular flexibility index (Phi) is 5.96. The number of aryl methyl sites for hydroxylation is 2. The van der Waals surface area contributed by atoms with Crippen molar-refractivity contribution in [3.05, 3.63) is 40.8 Å². The molecule has 2 amide bonds. The lowest BCUT2D eigenvalue weighted by Crippen LogP contribution is -2.39. The Bertz CT molecular complexity index is 920. The van der Waals surface area contributed by atoms with Gasteiger partial charge in [0, 0.05) is 13.0 Å². The molecule has 0 spiro atoms. The van der Waals surface area contributed by atoms with E-state index in [1.807, 2.05) is 6.92 Å². The van der Waals surface area contributed by atoms with Crippen molar-refractivity contribution in [2.75, 3.05) is 6.54 Å². The lowest BCUT2D eigenvalue weighted by atomic mass is 10.1. The van der Waals surface area contributed by atoms with Crippen molar-refractivity contribution in [1.29, 1.82) is 0 Å². The van der Waals surface area contributed by atoms with Crippen molar-refractivity contribution in [1.82, 2.24) is 30.3 Å². The van der Waals surface area contributed by atoms with Gasteiger partial charge in [-0.2, -0.15) is 4.98 Å². The van der Waals surface area contributed by atoms with Crippen molar-refractivity contribution in [2.24, 2.45) is 5.92 Å². The van der Waals surface area contributed by atoms with Gasteiger partial charge in [0.2, 0.25) is 5.89 Å². The highest BCUT2D eigenvalue weighted by Crippen LogP contribution is 2.17. The van der Waals surface area contributed by atoms with Gasteiger partial charge in [-0.1, -0.05) is 19.0 Å². The Morgan fingerprint density at radius 3 is 2.71 bits per heavy atom. The van der Waals surface area contributed by atoms with E-state index in [9.17, 15) is 4.79 Å². The minimum Gasteiger partial charge on any atom is -0.340 e. The number of imidazole rings is 1. The van der Waals surface area contributed by atoms with Crippen LogP contribution in [0, 0.1) is 19.8 Å². The fourth-order valence-electron chi connectivity index (χ4n) is 2.96. The van der Waals surface area contributed by atoms with E-state index in [4.69, 9.17) is 4.52 Å². The molecular formula is C20H28N6O2. The van der Waals surface area contributed by atoms with Crippen LogP contribution in [0.3, 0.4) is 0 Å². The molecule has 28 heavy (non-hydrogen) atoms. The highest BCUT2D eigenvalue weighted by atomic mass is 16.5. The molecule has 8 heteroatoms. The minimum atomic E-state index is -0.189. The number of fused-ring (bicyclic) bond motifs is 1. The Morgan fingerprint density at radius 2 is 2.00 bits per heavy atom. The zero-order valence-electron chi connectivity index (χ0n) is 17.2. The van der Waals surface area contributed by atoms with Crippen molar-refractivity contribution in [3.8, 4) is 0 Å². The molecule has 3 rings (SSSR count). The van der Waals surface area contributed by atoms with Gasteiger partial charge in [0.05, 0.1) is 24.1 Å². The average molecular weight is 384 g/mol. The van der Waals surface area contributed by atoms with Gasteiger partial charge in [-0.3, -0.25) is 0 Å². The molecular weight excluding hydrogens is 356 g/mol. The summed E-state index contributed by atoms with van der Waals surface area (Å²) in [6.45, 7) is 11.4. The van der Waals surface area contributed by atoms with Gasteiger partial charge in [0.25, 0.3) is 0 Å². The summed E-state index contributed by atoms with van der Waals surface area (Å²) in [5.41, 5.74) is 4.29. The Morgan fingerprint density at radius 1 is 1.25 bits per heavy atom. The first-order valence-electron chi connectivity index (χ1n) is 9.65. The highest BCUT2D eigenvalue weighted by molar-refractivity contribution is 5.77. The van der Waals surface area contributed by atoms with Gasteiger partial charge in [-0.15, -0.1) is 0 Å². The molecule has 0 fully saturated rings. The Hall–Kier alpha value is -2.90. The third kappa shape index (κ3) is 4.68. The maximum Gasteiger partial charge on any atom is 0.318 e. The molecule has 0 saturated heterocycles. The van der Waals surface area contributed by atoms with Gasteiger partial charge >= 0.3 is 6.03 Å². The molecule has 2 heterocycles. The Labute approximate surface area is 164 Å². The molecule has 2 aromatic heterocycles. The highest BCUT2D eigenvalue weighted by Gasteiger charge is 2.16. The monoisotopic (exact) mass is 384 g/mol. The van der Waals surface area contributed by atoms with Crippen molar-refractivity contribution < 1.29 is 9.32 Å². The van der Waals surface area contributed by atoms with Gasteiger partial charge in [0.15, 0.2) is 5.82 Å². The van der Waals surface area contributed by atoms with Crippen LogP contribution in [-0.4, -0.2) is 37.6 Å². The van der Waals surface area contributed by atoms with Crippen LogP contribution in [0.2, 0.25) is 0 Å². The normalized spacial score (nSPS) is 11.4. The molecule has 0 radical (unpaired) electrons. The first kappa shape index (κ1) is 19.9. The Balaban J connectivity index is 1.60. The third-order valence-corrected chi connectivity index (χ3v) is 4.65. The smallest absolute Gasteiger partial charge is 0.318 e. The van der Waals surface area contributed by atoms with E-state index in [0.29, 0.717) is 37.3 Å². The fourth-order valence-corrected chi connectivity index (χ4v) is 2.96. The first-order valence-corrected chi connectivity index (χ1v) is 9.65. The number of aromatic nitrogens is 4. The van der Waals surface area contributed by atoms with Gasteiger partial charge in [-0.25, -0.2) is 9.78 Å². The lowest BCUT2D eigenvalue weighted by molar-refractivity contribution is 0.195. The van der Waals surface area contributed by atoms with Crippen LogP contribution in [0.15, 0.2) is 16.7 Å². The maximum absolute atomic E-state index is 12.5. The van der Waals surface area contributed by atoms with Crippen molar-refractivity contribution in [3.63, 3.8) is 0 Å². The van der Waals surface area contributed by atoms with Crippen LogP contribution >= 0.6 is 0 Å². The van der Waals surface area contributed by atoms with Gasteiger partial charge in [-0.05, 0) is 49.9 Å². The second kappa shape index (κ2) is 8.41. The minimum absolute atomic E-state index is 0.189. The first-order chi connectivity index (χ1) is 13.4. The van der Waals surface area contributed by atoms with E-state index >= 15 is 0 Å². The molecule has 0 unspecified atom stereocenters. The second-order valence-electron chi connectivity index (χ2n) is 7.51. The zero-order chi connectivity index (χ0) is 20.3. The number of nitrogens with zero attached hydrogens (tertiary/aromatic N) is 4. The molecule has 0 aliphatic heterocycles. The summed E-state index contributed by atoms with van der Waals surface area (Å²) in [4.78, 5) is 26.4. The molecule has 2 N–H and O–H groups in total. The number of rotatable bonds is 7. The summed E-state index contributed by atoms with van der Waals surface area (Å²) in [5.74, 6) is 2.29. The molecule has 0 aliphatic rings. The SMILES string of the molecule is CCN(Cc1noc(CC(C)C)n1)C(=O)NCc1nc2cc(C)c(C)cc2[nH]1. The van der Waals surface area contributed by atoms with Gasteiger partial charge < -0.3 is 19.7 Å². The van der Waals surface area contributed by atoms with Crippen LogP contribution in [-0.2, 0) is 19.5 Å². The number of H-pyrrole nitrogens is 1. The molecule has 0 saturated carbocycles. The van der Waals surface area contributed by atoms with E-state index in [1.165, 1.54) is 11.1 Å². The molecule has 0 atom stereocenters. The average Bonchev–Trinajstić information content (AvgIpc) is 3.23. The summed E-state index contributed by atoms with van der Waals surface area (Å²) in [6, 6.07) is 3.94. The van der Waals surface area contributed by atoms with Crippen LogP contribution in [0.4, 0.5) is 4.79 Å². The van der Waals surface area contributed by atoms with Crippen molar-refractivity contribution in [2.45, 2.75) is 54.1 Å². The van der Waals surface area contributed by atoms with Crippen LogP contribution in [0.5, 0.6) is 0 Å². The predicted octanol–water partition coefficient (Wildman–Crippen LogP) is 3.49. The lowest BCUT2D eigenvalue weighted by Gasteiger charge is -2.19. The number of hydrogen-bond donors (Lipinski definition) is 2. The second-order valence-corrected chi connectivity index (χ2v) is 7.51. The topological polar surface area (TPSA) is 99.9 Å². The summed E-state index contributed by atoms with van der Waals surface area (Å²) in [5, 5.41) is 6.88. The zero-order valence-corrected chi connectivity index (χ0v) is 17.2. The number of nitrogens with one attached hydrogen (secondary N) is 2. The molecule has 150 valence electrons.